The Morgan fingerprint density at radius 3 is 2.20 bits per heavy atom. The van der Waals surface area contributed by atoms with Gasteiger partial charge in [-0.2, -0.15) is 5.10 Å². The zero-order valence-electron chi connectivity index (χ0n) is 17.9. The van der Waals surface area contributed by atoms with Crippen LogP contribution >= 0.6 is 0 Å². The maximum Gasteiger partial charge on any atom is 0.255 e. The number of aryl methyl sites for hydroxylation is 2. The number of amides is 2. The summed E-state index contributed by atoms with van der Waals surface area (Å²) in [6.45, 7) is 8.65. The smallest absolute Gasteiger partial charge is 0.255 e. The molecule has 0 saturated carbocycles. The van der Waals surface area contributed by atoms with Crippen molar-refractivity contribution in [3.63, 3.8) is 0 Å². The van der Waals surface area contributed by atoms with E-state index >= 15 is 0 Å². The molecule has 0 saturated heterocycles. The minimum atomic E-state index is -0.635. The van der Waals surface area contributed by atoms with Crippen LogP contribution in [0.2, 0.25) is 0 Å². The molecule has 1 aromatic heterocycles. The summed E-state index contributed by atoms with van der Waals surface area (Å²) in [5.74, 6) is -0.533. The first-order chi connectivity index (χ1) is 14.4. The monoisotopic (exact) mass is 404 g/mol. The topological polar surface area (TPSA) is 76.0 Å². The molecule has 0 spiro atoms. The van der Waals surface area contributed by atoms with Crippen LogP contribution in [-0.4, -0.2) is 34.2 Å². The van der Waals surface area contributed by atoms with Crippen LogP contribution in [0.5, 0.6) is 0 Å². The Balaban J connectivity index is 1.91. The second kappa shape index (κ2) is 9.39. The van der Waals surface area contributed by atoms with E-state index in [1.165, 1.54) is 5.56 Å². The van der Waals surface area contributed by atoms with Gasteiger partial charge >= 0.3 is 0 Å². The molecule has 6 nitrogen and oxygen atoms in total. The van der Waals surface area contributed by atoms with E-state index in [0.29, 0.717) is 24.3 Å². The molecule has 0 fully saturated rings. The molecule has 3 aromatic rings. The van der Waals surface area contributed by atoms with Gasteiger partial charge in [0.2, 0.25) is 5.91 Å². The van der Waals surface area contributed by atoms with Crippen molar-refractivity contribution in [3.05, 3.63) is 77.0 Å². The molecule has 6 heteroatoms. The number of hydrogen-bond donors (Lipinski definition) is 2. The average molecular weight is 405 g/mol. The quantitative estimate of drug-likeness (QED) is 0.633. The lowest BCUT2D eigenvalue weighted by Gasteiger charge is -2.13. The number of benzene rings is 2. The van der Waals surface area contributed by atoms with Gasteiger partial charge in [-0.25, -0.2) is 0 Å². The zero-order chi connectivity index (χ0) is 21.7. The molecule has 30 heavy (non-hydrogen) atoms. The van der Waals surface area contributed by atoms with Crippen molar-refractivity contribution in [1.29, 1.82) is 0 Å². The normalized spacial score (nSPS) is 11.7. The van der Waals surface area contributed by atoms with Crippen LogP contribution in [-0.2, 0) is 11.3 Å². The number of aromatic nitrogens is 2. The summed E-state index contributed by atoms with van der Waals surface area (Å²) in [6.07, 6.45) is 1.74. The molecular weight excluding hydrogens is 376 g/mol. The van der Waals surface area contributed by atoms with E-state index < -0.39 is 6.04 Å². The van der Waals surface area contributed by atoms with Gasteiger partial charge in [0.1, 0.15) is 11.7 Å². The van der Waals surface area contributed by atoms with Crippen molar-refractivity contribution in [2.24, 2.45) is 0 Å². The van der Waals surface area contributed by atoms with Gasteiger partial charge in [0.15, 0.2) is 0 Å². The van der Waals surface area contributed by atoms with Gasteiger partial charge < -0.3 is 10.6 Å². The summed E-state index contributed by atoms with van der Waals surface area (Å²) < 4.78 is 1.77. The van der Waals surface area contributed by atoms with Crippen LogP contribution in [0.1, 0.15) is 40.9 Å². The molecule has 2 N–H and O–H groups in total. The van der Waals surface area contributed by atoms with E-state index in [2.05, 4.69) is 34.9 Å². The van der Waals surface area contributed by atoms with Crippen LogP contribution in [0.15, 0.2) is 54.7 Å². The molecule has 1 atom stereocenters. The zero-order valence-corrected chi connectivity index (χ0v) is 17.9. The first kappa shape index (κ1) is 21.3. The Bertz CT molecular complexity index is 1020. The van der Waals surface area contributed by atoms with Gasteiger partial charge in [-0.1, -0.05) is 59.7 Å². The number of hydrogen-bond acceptors (Lipinski definition) is 3. The minimum Gasteiger partial charge on any atom is -0.355 e. The van der Waals surface area contributed by atoms with Crippen molar-refractivity contribution in [2.75, 3.05) is 6.54 Å². The van der Waals surface area contributed by atoms with E-state index in [1.807, 2.05) is 45.0 Å². The maximum atomic E-state index is 13.0. The predicted octanol–water partition coefficient (Wildman–Crippen LogP) is 3.47. The third kappa shape index (κ3) is 5.14. The van der Waals surface area contributed by atoms with E-state index in [-0.39, 0.29) is 11.8 Å². The van der Waals surface area contributed by atoms with Crippen LogP contribution in [0, 0.1) is 13.8 Å². The minimum absolute atomic E-state index is 0.213. The Morgan fingerprint density at radius 2 is 1.60 bits per heavy atom. The highest BCUT2D eigenvalue weighted by Crippen LogP contribution is 2.23. The number of rotatable bonds is 7. The molecule has 0 unspecified atom stereocenters. The van der Waals surface area contributed by atoms with Crippen molar-refractivity contribution in [1.82, 2.24) is 20.4 Å². The molecule has 2 aromatic carbocycles. The number of carbonyl (C=O) groups excluding carboxylic acids is 2. The molecule has 0 bridgehead atoms. The highest BCUT2D eigenvalue weighted by molar-refractivity contribution is 6.01. The third-order valence-electron chi connectivity index (χ3n) is 4.89. The summed E-state index contributed by atoms with van der Waals surface area (Å²) in [6, 6.07) is 15.5. The van der Waals surface area contributed by atoms with Gasteiger partial charge in [-0.3, -0.25) is 14.3 Å². The highest BCUT2D eigenvalue weighted by Gasteiger charge is 2.22. The van der Waals surface area contributed by atoms with Crippen LogP contribution in [0.25, 0.3) is 11.3 Å². The summed E-state index contributed by atoms with van der Waals surface area (Å²) in [4.78, 5) is 25.0. The van der Waals surface area contributed by atoms with Gasteiger partial charge in [-0.05, 0) is 33.3 Å². The standard InChI is InChI=1S/C24H28N4O2/c1-5-25-23(29)18(4)26-24(30)21-15-28(14-19-10-6-16(2)7-11-19)27-22(21)20-12-8-17(3)9-13-20/h6-13,15,18H,5,14H2,1-4H3,(H,25,29)(H,26,30)/t18-/m0/s1. The van der Waals surface area contributed by atoms with Crippen molar-refractivity contribution >= 4 is 11.8 Å². The van der Waals surface area contributed by atoms with Crippen molar-refractivity contribution < 1.29 is 9.59 Å². The van der Waals surface area contributed by atoms with Crippen LogP contribution in [0.4, 0.5) is 0 Å². The summed E-state index contributed by atoms with van der Waals surface area (Å²) >= 11 is 0. The van der Waals surface area contributed by atoms with E-state index in [9.17, 15) is 9.59 Å². The highest BCUT2D eigenvalue weighted by atomic mass is 16.2. The Morgan fingerprint density at radius 1 is 1.00 bits per heavy atom. The average Bonchev–Trinajstić information content (AvgIpc) is 3.14. The van der Waals surface area contributed by atoms with Crippen molar-refractivity contribution in [3.8, 4) is 11.3 Å². The molecule has 0 aliphatic rings. The molecule has 1 heterocycles. The van der Waals surface area contributed by atoms with E-state index in [0.717, 1.165) is 16.7 Å². The predicted molar refractivity (Wildman–Crippen MR) is 118 cm³/mol. The van der Waals surface area contributed by atoms with Crippen molar-refractivity contribution in [2.45, 2.75) is 40.3 Å². The summed E-state index contributed by atoms with van der Waals surface area (Å²) in [7, 11) is 0. The lowest BCUT2D eigenvalue weighted by molar-refractivity contribution is -0.122. The fourth-order valence-electron chi connectivity index (χ4n) is 3.14. The van der Waals surface area contributed by atoms with Gasteiger partial charge in [0.05, 0.1) is 12.1 Å². The van der Waals surface area contributed by atoms with Gasteiger partial charge in [0.25, 0.3) is 5.91 Å². The lowest BCUT2D eigenvalue weighted by Crippen LogP contribution is -2.44. The number of nitrogens with one attached hydrogen (secondary N) is 2. The molecule has 2 amide bonds. The molecule has 0 aliphatic carbocycles. The summed E-state index contributed by atoms with van der Waals surface area (Å²) in [5.41, 5.74) is 5.33. The summed E-state index contributed by atoms with van der Waals surface area (Å²) in [5, 5.41) is 10.2. The van der Waals surface area contributed by atoms with Gasteiger partial charge in [0, 0.05) is 18.3 Å². The van der Waals surface area contributed by atoms with Gasteiger partial charge in [-0.15, -0.1) is 0 Å². The molecule has 3 rings (SSSR count). The fourth-order valence-corrected chi connectivity index (χ4v) is 3.14. The Kier molecular flexibility index (Phi) is 6.67. The lowest BCUT2D eigenvalue weighted by atomic mass is 10.1. The molecular formula is C24H28N4O2. The second-order valence-electron chi connectivity index (χ2n) is 7.53. The number of carbonyl (C=O) groups is 2. The maximum absolute atomic E-state index is 13.0. The van der Waals surface area contributed by atoms with Crippen LogP contribution < -0.4 is 10.6 Å². The van der Waals surface area contributed by atoms with E-state index in [1.54, 1.807) is 17.8 Å². The largest absolute Gasteiger partial charge is 0.355 e. The molecule has 0 radical (unpaired) electrons. The Labute approximate surface area is 177 Å². The Hall–Kier alpha value is -3.41. The number of likely N-dealkylation sites (N-methyl/N-ethyl adjacent to an activating group) is 1. The molecule has 156 valence electrons. The van der Waals surface area contributed by atoms with Crippen LogP contribution in [0.3, 0.4) is 0 Å². The third-order valence-corrected chi connectivity index (χ3v) is 4.89. The first-order valence-corrected chi connectivity index (χ1v) is 10.2. The number of nitrogens with zero attached hydrogens (tertiary/aromatic N) is 2. The molecule has 0 aliphatic heterocycles. The second-order valence-corrected chi connectivity index (χ2v) is 7.53. The SMILES string of the molecule is CCNC(=O)[C@H](C)NC(=O)c1cn(Cc2ccc(C)cc2)nc1-c1ccc(C)cc1. The first-order valence-electron chi connectivity index (χ1n) is 10.2. The van der Waals surface area contributed by atoms with E-state index in [4.69, 9.17) is 5.10 Å². The fraction of sp³-hybridized carbons (Fsp3) is 0.292.